The standard InChI is InChI=1S/C9H14N2O2S/c1-9(2,12)7-5-3-4-6-8(7)14(10,11)13/h3-6,12H,1-2H3,(H3,10,11,13). The predicted molar refractivity (Wildman–Crippen MR) is 55.0 cm³/mol. The average Bonchev–Trinajstić information content (AvgIpc) is 2.01. The Morgan fingerprint density at radius 1 is 1.43 bits per heavy atom. The van der Waals surface area contributed by atoms with E-state index >= 15 is 0 Å². The molecule has 1 aromatic carbocycles. The van der Waals surface area contributed by atoms with E-state index in [9.17, 15) is 9.32 Å². The van der Waals surface area contributed by atoms with Crippen LogP contribution in [-0.2, 0) is 15.5 Å². The van der Waals surface area contributed by atoms with Gasteiger partial charge in [0.1, 0.15) is 9.92 Å². The van der Waals surface area contributed by atoms with E-state index in [0.717, 1.165) is 0 Å². The first-order valence-corrected chi connectivity index (χ1v) is 5.73. The molecule has 0 aliphatic heterocycles. The van der Waals surface area contributed by atoms with Crippen LogP contribution in [0.2, 0.25) is 0 Å². The van der Waals surface area contributed by atoms with Gasteiger partial charge in [0.2, 0.25) is 0 Å². The van der Waals surface area contributed by atoms with E-state index in [1.54, 1.807) is 32.0 Å². The molecule has 1 atom stereocenters. The molecule has 1 unspecified atom stereocenters. The molecule has 4 N–H and O–H groups in total. The first-order valence-electron chi connectivity index (χ1n) is 4.11. The highest BCUT2D eigenvalue weighted by molar-refractivity contribution is 7.90. The van der Waals surface area contributed by atoms with Gasteiger partial charge in [0.25, 0.3) is 0 Å². The molecule has 0 aromatic heterocycles. The summed E-state index contributed by atoms with van der Waals surface area (Å²) in [5.74, 6) is 0. The summed E-state index contributed by atoms with van der Waals surface area (Å²) in [5, 5.41) is 15.0. The smallest absolute Gasteiger partial charge is 0.132 e. The zero-order valence-corrected chi connectivity index (χ0v) is 8.97. The molecule has 0 fully saturated rings. The molecule has 0 bridgehead atoms. The lowest BCUT2D eigenvalue weighted by Gasteiger charge is -2.21. The van der Waals surface area contributed by atoms with Gasteiger partial charge >= 0.3 is 0 Å². The van der Waals surface area contributed by atoms with Gasteiger partial charge in [0.05, 0.1) is 10.5 Å². The lowest BCUT2D eigenvalue weighted by molar-refractivity contribution is 0.0756. The third-order valence-electron chi connectivity index (χ3n) is 1.87. The summed E-state index contributed by atoms with van der Waals surface area (Å²) in [6.45, 7) is 3.13. The minimum absolute atomic E-state index is 0.188. The van der Waals surface area contributed by atoms with E-state index in [1.807, 2.05) is 0 Å². The quantitative estimate of drug-likeness (QED) is 0.690. The van der Waals surface area contributed by atoms with Crippen LogP contribution in [0.15, 0.2) is 29.2 Å². The molecule has 1 rings (SSSR count). The minimum Gasteiger partial charge on any atom is -0.386 e. The van der Waals surface area contributed by atoms with Crippen LogP contribution in [0.5, 0.6) is 0 Å². The van der Waals surface area contributed by atoms with E-state index in [0.29, 0.717) is 5.56 Å². The first-order chi connectivity index (χ1) is 6.23. The predicted octanol–water partition coefficient (Wildman–Crippen LogP) is 1.19. The van der Waals surface area contributed by atoms with Gasteiger partial charge in [-0.3, -0.25) is 0 Å². The lowest BCUT2D eigenvalue weighted by atomic mass is 9.99. The summed E-state index contributed by atoms with van der Waals surface area (Å²) in [7, 11) is -3.28. The molecule has 1 aromatic rings. The summed E-state index contributed by atoms with van der Waals surface area (Å²) in [6, 6.07) is 6.48. The van der Waals surface area contributed by atoms with Crippen LogP contribution >= 0.6 is 0 Å². The lowest BCUT2D eigenvalue weighted by Crippen LogP contribution is -2.22. The van der Waals surface area contributed by atoms with Gasteiger partial charge in [-0.25, -0.2) is 14.1 Å². The summed E-state index contributed by atoms with van der Waals surface area (Å²) >= 11 is 0. The Labute approximate surface area is 83.9 Å². The summed E-state index contributed by atoms with van der Waals surface area (Å²) in [4.78, 5) is 0.188. The molecule has 0 heterocycles. The Morgan fingerprint density at radius 3 is 2.29 bits per heavy atom. The third-order valence-corrected chi connectivity index (χ3v) is 2.88. The summed E-state index contributed by atoms with van der Waals surface area (Å²) in [6.07, 6.45) is 0. The topological polar surface area (TPSA) is 87.2 Å². The van der Waals surface area contributed by atoms with E-state index in [1.165, 1.54) is 6.07 Å². The molecule has 0 saturated heterocycles. The summed E-state index contributed by atoms with van der Waals surface area (Å²) in [5.41, 5.74) is -0.706. The largest absolute Gasteiger partial charge is 0.386 e. The second-order valence-electron chi connectivity index (χ2n) is 3.66. The van der Waals surface area contributed by atoms with Crippen molar-refractivity contribution in [3.05, 3.63) is 29.8 Å². The second-order valence-corrected chi connectivity index (χ2v) is 5.30. The van der Waals surface area contributed by atoms with Gasteiger partial charge in [-0.1, -0.05) is 18.2 Å². The monoisotopic (exact) mass is 214 g/mol. The van der Waals surface area contributed by atoms with Crippen molar-refractivity contribution in [2.45, 2.75) is 24.3 Å². The van der Waals surface area contributed by atoms with Crippen molar-refractivity contribution >= 4 is 9.92 Å². The van der Waals surface area contributed by atoms with Crippen molar-refractivity contribution in [2.75, 3.05) is 0 Å². The number of rotatable bonds is 2. The minimum atomic E-state index is -3.28. The number of benzene rings is 1. The van der Waals surface area contributed by atoms with Gasteiger partial charge in [-0.05, 0) is 19.9 Å². The number of nitrogens with one attached hydrogen (secondary N) is 1. The van der Waals surface area contributed by atoms with Crippen LogP contribution < -0.4 is 5.14 Å². The second kappa shape index (κ2) is 3.34. The zero-order chi connectivity index (χ0) is 11.0. The van der Waals surface area contributed by atoms with E-state index in [4.69, 9.17) is 9.92 Å². The van der Waals surface area contributed by atoms with Crippen LogP contribution in [0.25, 0.3) is 0 Å². The van der Waals surface area contributed by atoms with Crippen molar-refractivity contribution in [2.24, 2.45) is 5.14 Å². The molecule has 0 radical (unpaired) electrons. The van der Waals surface area contributed by atoms with Crippen molar-refractivity contribution in [3.63, 3.8) is 0 Å². The fourth-order valence-electron chi connectivity index (χ4n) is 1.24. The van der Waals surface area contributed by atoms with E-state index < -0.39 is 15.5 Å². The molecule has 0 saturated carbocycles. The molecular formula is C9H14N2O2S. The number of aliphatic hydroxyl groups is 1. The maximum atomic E-state index is 11.4. The van der Waals surface area contributed by atoms with Gasteiger partial charge < -0.3 is 5.11 Å². The van der Waals surface area contributed by atoms with Gasteiger partial charge in [-0.15, -0.1) is 0 Å². The van der Waals surface area contributed by atoms with Gasteiger partial charge in [0, 0.05) is 5.56 Å². The first kappa shape index (κ1) is 11.2. The number of nitrogens with two attached hydrogens (primary N) is 1. The Morgan fingerprint density at radius 2 is 1.93 bits per heavy atom. The maximum Gasteiger partial charge on any atom is 0.132 e. The van der Waals surface area contributed by atoms with Gasteiger partial charge in [-0.2, -0.15) is 0 Å². The molecule has 0 aliphatic rings. The van der Waals surface area contributed by atoms with Crippen LogP contribution in [0.4, 0.5) is 0 Å². The third kappa shape index (κ3) is 2.31. The molecule has 5 heteroatoms. The van der Waals surface area contributed by atoms with Crippen molar-refractivity contribution in [1.82, 2.24) is 0 Å². The fourth-order valence-corrected chi connectivity index (χ4v) is 2.16. The molecule has 14 heavy (non-hydrogen) atoms. The zero-order valence-electron chi connectivity index (χ0n) is 8.15. The Hall–Kier alpha value is -0.910. The Bertz CT molecular complexity index is 432. The fraction of sp³-hybridized carbons (Fsp3) is 0.333. The number of hydrogen-bond acceptors (Lipinski definition) is 3. The molecule has 0 aliphatic carbocycles. The molecule has 0 amide bonds. The van der Waals surface area contributed by atoms with Gasteiger partial charge in [0.15, 0.2) is 0 Å². The van der Waals surface area contributed by atoms with Crippen molar-refractivity contribution < 1.29 is 9.32 Å². The highest BCUT2D eigenvalue weighted by atomic mass is 32.2. The normalized spacial score (nSPS) is 16.3. The van der Waals surface area contributed by atoms with Crippen LogP contribution in [0, 0.1) is 4.78 Å². The maximum absolute atomic E-state index is 11.4. The molecule has 4 nitrogen and oxygen atoms in total. The molecule has 0 spiro atoms. The average molecular weight is 214 g/mol. The molecular weight excluding hydrogens is 200 g/mol. The van der Waals surface area contributed by atoms with Crippen LogP contribution in [-0.4, -0.2) is 9.32 Å². The highest BCUT2D eigenvalue weighted by Crippen LogP contribution is 2.25. The summed E-state index contributed by atoms with van der Waals surface area (Å²) < 4.78 is 18.7. The van der Waals surface area contributed by atoms with Crippen molar-refractivity contribution in [1.29, 1.82) is 4.78 Å². The molecule has 78 valence electrons. The van der Waals surface area contributed by atoms with Crippen LogP contribution in [0.1, 0.15) is 19.4 Å². The Kier molecular flexibility index (Phi) is 2.67. The Balaban J connectivity index is 3.47. The number of hydrogen-bond donors (Lipinski definition) is 3. The SMILES string of the molecule is CC(C)(O)c1ccccc1S(=N)(N)=O. The van der Waals surface area contributed by atoms with E-state index in [-0.39, 0.29) is 4.90 Å². The van der Waals surface area contributed by atoms with Crippen LogP contribution in [0.3, 0.4) is 0 Å². The van der Waals surface area contributed by atoms with E-state index in [2.05, 4.69) is 0 Å². The van der Waals surface area contributed by atoms with Crippen molar-refractivity contribution in [3.8, 4) is 0 Å². The highest BCUT2D eigenvalue weighted by Gasteiger charge is 2.22.